The molecule has 23 heavy (non-hydrogen) atoms. The molecule has 0 saturated carbocycles. The molecule has 0 saturated heterocycles. The van der Waals surface area contributed by atoms with E-state index in [9.17, 15) is 23.2 Å². The van der Waals surface area contributed by atoms with Crippen LogP contribution in [0.5, 0.6) is 0 Å². The Labute approximate surface area is 128 Å². The summed E-state index contributed by atoms with van der Waals surface area (Å²) in [5, 5.41) is 10.5. The van der Waals surface area contributed by atoms with Crippen LogP contribution < -0.4 is 5.32 Å². The first kappa shape index (κ1) is 16.4. The third-order valence-electron chi connectivity index (χ3n) is 3.03. The van der Waals surface area contributed by atoms with Gasteiger partial charge in [-0.1, -0.05) is 0 Å². The zero-order valence-electron chi connectivity index (χ0n) is 12.0. The predicted octanol–water partition coefficient (Wildman–Crippen LogP) is 1.78. The summed E-state index contributed by atoms with van der Waals surface area (Å²) in [6.45, 7) is 2.17. The molecule has 1 aliphatic heterocycles. The third-order valence-corrected chi connectivity index (χ3v) is 3.03. The van der Waals surface area contributed by atoms with Gasteiger partial charge in [-0.25, -0.2) is 13.6 Å². The Bertz CT molecular complexity index is 725. The van der Waals surface area contributed by atoms with E-state index in [1.807, 2.05) is 0 Å². The van der Waals surface area contributed by atoms with Gasteiger partial charge in [0.15, 0.2) is 5.60 Å². The van der Waals surface area contributed by atoms with E-state index in [0.29, 0.717) is 6.07 Å². The molecule has 2 rings (SSSR count). The van der Waals surface area contributed by atoms with Gasteiger partial charge in [0, 0.05) is 18.6 Å². The summed E-state index contributed by atoms with van der Waals surface area (Å²) in [5.41, 5.74) is -2.15. The number of Topliss-reactive ketones (excluding diaryl/α,β-unsaturated/α-hetero) is 1. The van der Waals surface area contributed by atoms with E-state index in [-0.39, 0.29) is 5.56 Å². The average Bonchev–Trinajstić information content (AvgIpc) is 2.62. The molecule has 1 aliphatic rings. The van der Waals surface area contributed by atoms with Gasteiger partial charge in [-0.2, -0.15) is 0 Å². The van der Waals surface area contributed by atoms with Gasteiger partial charge < -0.3 is 14.6 Å². The Morgan fingerprint density at radius 3 is 2.30 bits per heavy atom. The number of halogens is 2. The van der Waals surface area contributed by atoms with E-state index < -0.39 is 46.7 Å². The maximum absolute atomic E-state index is 13.4. The minimum absolute atomic E-state index is 0.202. The highest BCUT2D eigenvalue weighted by atomic mass is 19.1. The number of carboxylic acid groups (broad SMARTS) is 1. The normalized spacial score (nSPS) is 20.3. The molecule has 1 aromatic rings. The monoisotopic (exact) mass is 327 g/mol. The molecule has 9 heteroatoms. The second-order valence-electron chi connectivity index (χ2n) is 4.80. The summed E-state index contributed by atoms with van der Waals surface area (Å²) in [6, 6.07) is 2.31. The van der Waals surface area contributed by atoms with E-state index in [1.165, 1.54) is 6.92 Å². The van der Waals surface area contributed by atoms with Crippen molar-refractivity contribution in [2.45, 2.75) is 19.4 Å². The van der Waals surface area contributed by atoms with Crippen molar-refractivity contribution in [3.63, 3.8) is 0 Å². The van der Waals surface area contributed by atoms with E-state index >= 15 is 0 Å². The number of amides is 1. The first-order valence-electron chi connectivity index (χ1n) is 6.26. The second-order valence-corrected chi connectivity index (χ2v) is 4.80. The molecule has 0 fully saturated rings. The first-order chi connectivity index (χ1) is 10.6. The van der Waals surface area contributed by atoms with Crippen molar-refractivity contribution < 1.29 is 37.7 Å². The summed E-state index contributed by atoms with van der Waals surface area (Å²) in [6.07, 6.45) is -1.58. The molecular formula is C14H11F2NO6. The fraction of sp³-hybridized carbons (Fsp3) is 0.214. The number of carbonyl (C=O) groups excluding carboxylic acids is 2. The molecule has 0 aromatic heterocycles. The van der Waals surface area contributed by atoms with Crippen LogP contribution in [0.25, 0.3) is 0 Å². The number of esters is 1. The molecule has 1 heterocycles. The van der Waals surface area contributed by atoms with Crippen molar-refractivity contribution in [1.29, 1.82) is 0 Å². The highest BCUT2D eigenvalue weighted by Crippen LogP contribution is 2.38. The van der Waals surface area contributed by atoms with Gasteiger partial charge in [0.25, 0.3) is 5.78 Å². The maximum Gasteiger partial charge on any atom is 0.411 e. The van der Waals surface area contributed by atoms with E-state index in [1.54, 1.807) is 5.32 Å². The number of hydrogen-bond acceptors (Lipinski definition) is 5. The molecule has 0 radical (unpaired) electrons. The molecule has 7 nitrogen and oxygen atoms in total. The Hall–Kier alpha value is -2.97. The zero-order chi connectivity index (χ0) is 17.4. The molecule has 0 spiro atoms. The quantitative estimate of drug-likeness (QED) is 0.821. The van der Waals surface area contributed by atoms with E-state index in [0.717, 1.165) is 19.1 Å². The van der Waals surface area contributed by atoms with Gasteiger partial charge in [-0.05, 0) is 19.1 Å². The standard InChI is InChI=1S/C14H11F2NO6/c1-6(18)22-10-11(19)14(2,23-12(10)17-13(20)21)7-3-8(15)5-9(16)4-7/h3-5,17H,1-2H3,(H,20,21). The van der Waals surface area contributed by atoms with Crippen LogP contribution in [0.1, 0.15) is 19.4 Å². The Kier molecular flexibility index (Phi) is 4.04. The summed E-state index contributed by atoms with van der Waals surface area (Å²) in [5.74, 6) is -5.08. The minimum atomic E-state index is -1.95. The molecular weight excluding hydrogens is 316 g/mol. The van der Waals surface area contributed by atoms with Crippen molar-refractivity contribution >= 4 is 17.8 Å². The lowest BCUT2D eigenvalue weighted by Crippen LogP contribution is -2.32. The summed E-state index contributed by atoms with van der Waals surface area (Å²) >= 11 is 0. The molecule has 1 amide bonds. The van der Waals surface area contributed by atoms with Crippen molar-refractivity contribution in [2.24, 2.45) is 0 Å². The highest BCUT2D eigenvalue weighted by Gasteiger charge is 2.50. The predicted molar refractivity (Wildman–Crippen MR) is 69.8 cm³/mol. The van der Waals surface area contributed by atoms with Crippen molar-refractivity contribution in [1.82, 2.24) is 5.32 Å². The van der Waals surface area contributed by atoms with Gasteiger partial charge in [-0.15, -0.1) is 0 Å². The summed E-state index contributed by atoms with van der Waals surface area (Å²) in [4.78, 5) is 34.3. The lowest BCUT2D eigenvalue weighted by Gasteiger charge is -2.23. The van der Waals surface area contributed by atoms with Crippen LogP contribution in [0.15, 0.2) is 29.8 Å². The van der Waals surface area contributed by atoms with Crippen LogP contribution in [0.2, 0.25) is 0 Å². The summed E-state index contributed by atoms with van der Waals surface area (Å²) < 4.78 is 36.6. The molecule has 122 valence electrons. The van der Waals surface area contributed by atoms with Crippen molar-refractivity contribution in [2.75, 3.05) is 0 Å². The van der Waals surface area contributed by atoms with Crippen LogP contribution >= 0.6 is 0 Å². The van der Waals surface area contributed by atoms with Gasteiger partial charge in [0.05, 0.1) is 0 Å². The Balaban J connectivity index is 2.49. The number of hydrogen-bond donors (Lipinski definition) is 2. The first-order valence-corrected chi connectivity index (χ1v) is 6.26. The number of nitrogens with one attached hydrogen (secondary N) is 1. The van der Waals surface area contributed by atoms with Crippen LogP contribution in [0, 0.1) is 11.6 Å². The number of benzene rings is 1. The van der Waals surface area contributed by atoms with Crippen LogP contribution in [0.3, 0.4) is 0 Å². The Morgan fingerprint density at radius 2 is 1.83 bits per heavy atom. The number of carbonyl (C=O) groups is 3. The van der Waals surface area contributed by atoms with Gasteiger partial charge in [0.1, 0.15) is 11.6 Å². The largest absolute Gasteiger partial charge is 0.465 e. The fourth-order valence-electron chi connectivity index (χ4n) is 2.05. The van der Waals surface area contributed by atoms with E-state index in [4.69, 9.17) is 9.84 Å². The minimum Gasteiger partial charge on any atom is -0.465 e. The van der Waals surface area contributed by atoms with Crippen LogP contribution in [0.4, 0.5) is 13.6 Å². The van der Waals surface area contributed by atoms with Crippen molar-refractivity contribution in [3.05, 3.63) is 47.0 Å². The van der Waals surface area contributed by atoms with Gasteiger partial charge in [-0.3, -0.25) is 14.9 Å². The molecule has 2 N–H and O–H groups in total. The SMILES string of the molecule is CC(=O)OC1=C(NC(=O)O)OC(C)(c2cc(F)cc(F)c2)C1=O. The lowest BCUT2D eigenvalue weighted by molar-refractivity contribution is -0.142. The topological polar surface area (TPSA) is 102 Å². The second kappa shape index (κ2) is 5.67. The summed E-state index contributed by atoms with van der Waals surface area (Å²) in [7, 11) is 0. The smallest absolute Gasteiger partial charge is 0.411 e. The maximum atomic E-state index is 13.4. The number of rotatable bonds is 3. The molecule has 0 aliphatic carbocycles. The number of ether oxygens (including phenoxy) is 2. The Morgan fingerprint density at radius 1 is 1.26 bits per heavy atom. The average molecular weight is 327 g/mol. The fourth-order valence-corrected chi connectivity index (χ4v) is 2.05. The van der Waals surface area contributed by atoms with Crippen LogP contribution in [-0.4, -0.2) is 23.0 Å². The molecule has 1 atom stereocenters. The molecule has 1 unspecified atom stereocenters. The zero-order valence-corrected chi connectivity index (χ0v) is 12.0. The van der Waals surface area contributed by atoms with E-state index in [2.05, 4.69) is 4.74 Å². The molecule has 1 aromatic carbocycles. The molecule has 0 bridgehead atoms. The highest BCUT2D eigenvalue weighted by molar-refractivity contribution is 6.04. The van der Waals surface area contributed by atoms with Gasteiger partial charge >= 0.3 is 12.1 Å². The lowest BCUT2D eigenvalue weighted by atomic mass is 9.91. The number of ketones is 1. The van der Waals surface area contributed by atoms with Crippen LogP contribution in [-0.2, 0) is 24.7 Å². The van der Waals surface area contributed by atoms with Crippen molar-refractivity contribution in [3.8, 4) is 0 Å². The van der Waals surface area contributed by atoms with Gasteiger partial charge in [0.2, 0.25) is 11.6 Å². The third kappa shape index (κ3) is 3.12.